The second-order valence-electron chi connectivity index (χ2n) is 6.93. The predicted molar refractivity (Wildman–Crippen MR) is 111 cm³/mol. The molecule has 0 saturated heterocycles. The van der Waals surface area contributed by atoms with Gasteiger partial charge >= 0.3 is 5.97 Å². The van der Waals surface area contributed by atoms with E-state index >= 15 is 0 Å². The molecule has 0 bridgehead atoms. The molecule has 7 heteroatoms. The summed E-state index contributed by atoms with van der Waals surface area (Å²) in [6.07, 6.45) is 2.01. The van der Waals surface area contributed by atoms with Gasteiger partial charge in [0, 0.05) is 23.5 Å². The number of para-hydroxylation sites is 1. The van der Waals surface area contributed by atoms with E-state index < -0.39 is 22.9 Å². The van der Waals surface area contributed by atoms with Crippen LogP contribution in [0.4, 0.5) is 5.69 Å². The van der Waals surface area contributed by atoms with Crippen LogP contribution in [0.3, 0.4) is 0 Å². The summed E-state index contributed by atoms with van der Waals surface area (Å²) in [5.41, 5.74) is 4.94. The van der Waals surface area contributed by atoms with Gasteiger partial charge < -0.3 is 9.72 Å². The maximum atomic E-state index is 12.6. The van der Waals surface area contributed by atoms with Gasteiger partial charge in [0.15, 0.2) is 0 Å². The van der Waals surface area contributed by atoms with E-state index in [4.69, 9.17) is 4.74 Å². The van der Waals surface area contributed by atoms with Crippen molar-refractivity contribution in [2.75, 3.05) is 11.4 Å². The number of carbonyl (C=O) groups excluding carboxylic acids is 1. The van der Waals surface area contributed by atoms with E-state index in [-0.39, 0.29) is 6.42 Å². The fraction of sp³-hybridized carbons (Fsp3) is 0.286. The Balaban J connectivity index is 2.12. The summed E-state index contributed by atoms with van der Waals surface area (Å²) in [5.74, 6) is -0.594. The Labute approximate surface area is 166 Å². The first-order valence-electron chi connectivity index (χ1n) is 8.97. The quantitative estimate of drug-likeness (QED) is 0.492. The normalized spacial score (nSPS) is 12.3. The molecule has 0 unspecified atom stereocenters. The minimum atomic E-state index is -3.06. The van der Waals surface area contributed by atoms with E-state index in [1.807, 2.05) is 63.4 Å². The van der Waals surface area contributed by atoms with Crippen LogP contribution in [0.25, 0.3) is 10.9 Å². The van der Waals surface area contributed by atoms with Crippen LogP contribution in [0.1, 0.15) is 22.3 Å². The number of ether oxygens (including phenoxy) is 1. The Morgan fingerprint density at radius 3 is 2.39 bits per heavy atom. The highest BCUT2D eigenvalue weighted by Crippen LogP contribution is 2.30. The number of aryl methyl sites for hydroxylation is 3. The molecular formula is C21H24N2O4S. The third kappa shape index (κ3) is 3.75. The van der Waals surface area contributed by atoms with E-state index in [9.17, 15) is 13.2 Å². The van der Waals surface area contributed by atoms with Crippen LogP contribution < -0.4 is 4.31 Å². The van der Waals surface area contributed by atoms with Crippen LogP contribution in [0, 0.1) is 20.8 Å². The lowest BCUT2D eigenvalue weighted by Crippen LogP contribution is -2.43. The smallest absolute Gasteiger partial charge is 0.330 e. The van der Waals surface area contributed by atoms with E-state index in [0.717, 1.165) is 33.2 Å². The van der Waals surface area contributed by atoms with Crippen molar-refractivity contribution in [3.63, 3.8) is 0 Å². The first-order valence-corrected chi connectivity index (χ1v) is 10.1. The lowest BCUT2D eigenvalue weighted by atomic mass is 10.0. The molecule has 3 aromatic rings. The summed E-state index contributed by atoms with van der Waals surface area (Å²) in [4.78, 5) is 15.8. The van der Waals surface area contributed by atoms with Gasteiger partial charge in [0.2, 0.25) is 10.9 Å². The number of aromatic nitrogens is 1. The summed E-state index contributed by atoms with van der Waals surface area (Å²) < 4.78 is 30.7. The number of hydrogen-bond donors (Lipinski definition) is 2. The van der Waals surface area contributed by atoms with Gasteiger partial charge in [-0.1, -0.05) is 35.9 Å². The van der Waals surface area contributed by atoms with Gasteiger partial charge in [0.25, 0.3) is 0 Å². The molecule has 0 spiro atoms. The number of aromatic amines is 1. The van der Waals surface area contributed by atoms with Gasteiger partial charge in [0.05, 0.1) is 12.8 Å². The number of methoxy groups -OCH3 is 1. The van der Waals surface area contributed by atoms with Gasteiger partial charge in [-0.15, -0.1) is 0 Å². The molecule has 0 radical (unpaired) electrons. The third-order valence-corrected chi connectivity index (χ3v) is 5.73. The lowest BCUT2D eigenvalue weighted by Gasteiger charge is -2.29. The summed E-state index contributed by atoms with van der Waals surface area (Å²) >= 11 is 0. The largest absolute Gasteiger partial charge is 0.467 e. The average molecular weight is 401 g/mol. The first kappa shape index (κ1) is 19.9. The Hall–Kier alpha value is -2.80. The molecule has 1 aromatic heterocycles. The molecule has 0 fully saturated rings. The highest BCUT2D eigenvalue weighted by molar-refractivity contribution is 7.74. The molecule has 0 aliphatic rings. The van der Waals surface area contributed by atoms with Crippen molar-refractivity contribution in [1.29, 1.82) is 0 Å². The number of fused-ring (bicyclic) bond motifs is 1. The van der Waals surface area contributed by atoms with Crippen molar-refractivity contribution in [1.82, 2.24) is 4.98 Å². The number of thiol groups is 1. The minimum absolute atomic E-state index is 0.201. The van der Waals surface area contributed by atoms with Gasteiger partial charge in [-0.05, 0) is 43.5 Å². The number of nitrogens with zero attached hydrogens (tertiary/aromatic N) is 1. The van der Waals surface area contributed by atoms with Gasteiger partial charge in [0.1, 0.15) is 6.04 Å². The maximum absolute atomic E-state index is 12.6. The third-order valence-electron chi connectivity index (χ3n) is 4.90. The van der Waals surface area contributed by atoms with E-state index in [0.29, 0.717) is 5.69 Å². The highest BCUT2D eigenvalue weighted by atomic mass is 32.2. The number of esters is 1. The van der Waals surface area contributed by atoms with Crippen molar-refractivity contribution in [3.05, 3.63) is 64.8 Å². The number of H-pyrrole nitrogens is 1. The number of benzene rings is 2. The topological polar surface area (TPSA) is 79.5 Å². The summed E-state index contributed by atoms with van der Waals surface area (Å²) in [6.45, 7) is 5.65. The molecule has 0 saturated carbocycles. The molecule has 3 rings (SSSR count). The molecule has 6 nitrogen and oxygen atoms in total. The summed E-state index contributed by atoms with van der Waals surface area (Å²) in [5, 5.41) is 0.954. The fourth-order valence-electron chi connectivity index (χ4n) is 3.80. The molecular weight excluding hydrogens is 376 g/mol. The first-order chi connectivity index (χ1) is 13.3. The number of rotatable bonds is 6. The second-order valence-corrected chi connectivity index (χ2v) is 7.84. The van der Waals surface area contributed by atoms with Crippen molar-refractivity contribution >= 4 is 33.4 Å². The minimum Gasteiger partial charge on any atom is -0.467 e. The predicted octanol–water partition coefficient (Wildman–Crippen LogP) is 3.21. The summed E-state index contributed by atoms with van der Waals surface area (Å²) in [6, 6.07) is 10.5. The molecule has 148 valence electrons. The molecule has 1 N–H and O–H groups in total. The highest BCUT2D eigenvalue weighted by Gasteiger charge is 2.32. The zero-order chi connectivity index (χ0) is 20.4. The molecule has 28 heavy (non-hydrogen) atoms. The second kappa shape index (κ2) is 8.06. The number of nitrogens with one attached hydrogen (secondary N) is 1. The Morgan fingerprint density at radius 1 is 1.14 bits per heavy atom. The molecule has 0 aliphatic heterocycles. The van der Waals surface area contributed by atoms with Crippen molar-refractivity contribution in [2.24, 2.45) is 0 Å². The maximum Gasteiger partial charge on any atom is 0.330 e. The van der Waals surface area contributed by atoms with Crippen LogP contribution in [0.2, 0.25) is 0 Å². The van der Waals surface area contributed by atoms with Crippen molar-refractivity contribution in [3.8, 4) is 0 Å². The summed E-state index contributed by atoms with van der Waals surface area (Å²) in [7, 11) is -1.79. The van der Waals surface area contributed by atoms with Gasteiger partial charge in [-0.2, -0.15) is 0 Å². The van der Waals surface area contributed by atoms with E-state index in [2.05, 4.69) is 4.98 Å². The van der Waals surface area contributed by atoms with E-state index in [1.54, 1.807) is 0 Å². The van der Waals surface area contributed by atoms with Crippen LogP contribution in [0.5, 0.6) is 0 Å². The van der Waals surface area contributed by atoms with Crippen LogP contribution in [0.15, 0.2) is 42.6 Å². The van der Waals surface area contributed by atoms with Crippen molar-refractivity contribution in [2.45, 2.75) is 33.2 Å². The number of hydrogen-bond acceptors (Lipinski definition) is 4. The monoisotopic (exact) mass is 400 g/mol. The lowest BCUT2D eigenvalue weighted by molar-refractivity contribution is -0.141. The van der Waals surface area contributed by atoms with Crippen molar-refractivity contribution < 1.29 is 17.9 Å². The molecule has 0 amide bonds. The molecule has 0 aliphatic carbocycles. The Kier molecular flexibility index (Phi) is 5.74. The molecule has 1 heterocycles. The van der Waals surface area contributed by atoms with Crippen LogP contribution in [-0.2, 0) is 26.8 Å². The van der Waals surface area contributed by atoms with E-state index in [1.165, 1.54) is 11.4 Å². The zero-order valence-corrected chi connectivity index (χ0v) is 17.2. The fourth-order valence-corrected chi connectivity index (χ4v) is 4.68. The number of carbonyl (C=O) groups is 1. The zero-order valence-electron chi connectivity index (χ0n) is 16.4. The number of anilines is 1. The Bertz CT molecular complexity index is 1070. The molecule has 2 aromatic carbocycles. The van der Waals surface area contributed by atoms with Crippen LogP contribution in [-0.4, -0.2) is 32.5 Å². The van der Waals surface area contributed by atoms with Gasteiger partial charge in [-0.25, -0.2) is 13.2 Å². The standard InChI is InChI=1S/C21H24N2O4S/c1-13-9-14(2)20(15(3)10-13)23(28(25)26)19(21(24)27-4)11-16-12-22-18-8-6-5-7-17(16)18/h5-10,12,19,22,28H,11H2,1-4H3/t19-/m1/s1. The van der Waals surface area contributed by atoms with Crippen LogP contribution >= 0.6 is 0 Å². The Morgan fingerprint density at radius 2 is 1.79 bits per heavy atom. The average Bonchev–Trinajstić information content (AvgIpc) is 3.05. The van der Waals surface area contributed by atoms with Gasteiger partial charge in [-0.3, -0.25) is 4.31 Å². The SMILES string of the molecule is COC(=O)[C@@H](Cc1c[nH]c2ccccc12)N(c1c(C)cc(C)cc1C)[SH](=O)=O. The molecule has 1 atom stereocenters.